The van der Waals surface area contributed by atoms with Crippen LogP contribution in [0.5, 0.6) is 0 Å². The molecule has 1 aromatic carbocycles. The first-order valence-corrected chi connectivity index (χ1v) is 7.26. The van der Waals surface area contributed by atoms with E-state index in [1.807, 2.05) is 0 Å². The number of aromatic nitrogens is 2. The molecule has 0 amide bonds. The van der Waals surface area contributed by atoms with Crippen molar-refractivity contribution in [2.24, 2.45) is 0 Å². The van der Waals surface area contributed by atoms with Crippen molar-refractivity contribution in [3.8, 4) is 0 Å². The Balaban J connectivity index is 2.06. The number of benzene rings is 1. The van der Waals surface area contributed by atoms with E-state index in [0.29, 0.717) is 29.9 Å². The summed E-state index contributed by atoms with van der Waals surface area (Å²) in [7, 11) is 0. The predicted octanol–water partition coefficient (Wildman–Crippen LogP) is 3.19. The molecule has 1 atom stereocenters. The van der Waals surface area contributed by atoms with E-state index in [9.17, 15) is 0 Å². The van der Waals surface area contributed by atoms with E-state index in [1.54, 1.807) is 0 Å². The number of rotatable bonds is 6. The van der Waals surface area contributed by atoms with Crippen LogP contribution in [0.1, 0.15) is 31.4 Å². The van der Waals surface area contributed by atoms with Gasteiger partial charge in [-0.3, -0.25) is 0 Å². The quantitative estimate of drug-likeness (QED) is 0.760. The highest BCUT2D eigenvalue weighted by molar-refractivity contribution is 5.74. The van der Waals surface area contributed by atoms with Crippen LogP contribution < -0.4 is 16.4 Å². The number of aryl methyl sites for hydroxylation is 1. The summed E-state index contributed by atoms with van der Waals surface area (Å²) in [6, 6.07) is 8.70. The highest BCUT2D eigenvalue weighted by Crippen LogP contribution is 2.23. The maximum Gasteiger partial charge on any atom is 0.155 e. The summed E-state index contributed by atoms with van der Waals surface area (Å²) < 4.78 is 0. The average Bonchev–Trinajstić information content (AvgIpc) is 2.49. The molecule has 0 aliphatic heterocycles. The van der Waals surface area contributed by atoms with Gasteiger partial charge in [0.1, 0.15) is 12.0 Å². The molecule has 0 fully saturated rings. The lowest BCUT2D eigenvalue weighted by Crippen LogP contribution is -2.17. The second kappa shape index (κ2) is 6.92. The first kappa shape index (κ1) is 15.1. The third kappa shape index (κ3) is 4.08. The predicted molar refractivity (Wildman–Crippen MR) is 88.3 cm³/mol. The number of hydrogen-bond acceptors (Lipinski definition) is 5. The molecule has 0 radical (unpaired) electrons. The van der Waals surface area contributed by atoms with Crippen molar-refractivity contribution in [2.45, 2.75) is 39.8 Å². The lowest BCUT2D eigenvalue weighted by Gasteiger charge is -2.16. The van der Waals surface area contributed by atoms with Crippen LogP contribution in [0.4, 0.5) is 17.3 Å². The van der Waals surface area contributed by atoms with Gasteiger partial charge in [-0.1, -0.05) is 36.8 Å². The van der Waals surface area contributed by atoms with Gasteiger partial charge in [0.05, 0.1) is 0 Å². The standard InChI is InChI=1S/C16H23N5/c1-4-12(3)21-16-14(17)15(19-10-20-16)18-9-13-7-5-11(2)6-8-13/h5-8,10,12H,4,9,17H2,1-3H3,(H2,18,19,20,21). The maximum absolute atomic E-state index is 6.12. The molecule has 0 bridgehead atoms. The zero-order chi connectivity index (χ0) is 15.2. The van der Waals surface area contributed by atoms with E-state index in [-0.39, 0.29) is 0 Å². The Bertz CT molecular complexity index is 580. The van der Waals surface area contributed by atoms with Gasteiger partial charge in [-0.25, -0.2) is 9.97 Å². The van der Waals surface area contributed by atoms with Crippen LogP contribution in [0, 0.1) is 6.92 Å². The fourth-order valence-electron chi connectivity index (χ4n) is 1.88. The van der Waals surface area contributed by atoms with Crippen molar-refractivity contribution in [1.82, 2.24) is 9.97 Å². The second-order valence-corrected chi connectivity index (χ2v) is 5.28. The molecule has 0 spiro atoms. The lowest BCUT2D eigenvalue weighted by molar-refractivity contribution is 0.759. The van der Waals surface area contributed by atoms with Gasteiger partial charge in [-0.15, -0.1) is 0 Å². The van der Waals surface area contributed by atoms with Crippen molar-refractivity contribution in [1.29, 1.82) is 0 Å². The van der Waals surface area contributed by atoms with Crippen molar-refractivity contribution < 1.29 is 0 Å². The first-order chi connectivity index (χ1) is 10.1. The van der Waals surface area contributed by atoms with Gasteiger partial charge in [-0.05, 0) is 25.8 Å². The topological polar surface area (TPSA) is 75.9 Å². The van der Waals surface area contributed by atoms with Crippen molar-refractivity contribution in [3.05, 3.63) is 41.7 Å². The van der Waals surface area contributed by atoms with Gasteiger partial charge in [-0.2, -0.15) is 0 Å². The molecule has 1 aromatic heterocycles. The molecule has 112 valence electrons. The highest BCUT2D eigenvalue weighted by atomic mass is 15.1. The third-order valence-corrected chi connectivity index (χ3v) is 3.46. The van der Waals surface area contributed by atoms with Crippen LogP contribution in [-0.4, -0.2) is 16.0 Å². The van der Waals surface area contributed by atoms with E-state index >= 15 is 0 Å². The van der Waals surface area contributed by atoms with E-state index < -0.39 is 0 Å². The molecule has 2 aromatic rings. The Labute approximate surface area is 126 Å². The summed E-state index contributed by atoms with van der Waals surface area (Å²) in [5.41, 5.74) is 9.12. The first-order valence-electron chi connectivity index (χ1n) is 7.26. The zero-order valence-corrected chi connectivity index (χ0v) is 12.9. The minimum Gasteiger partial charge on any atom is -0.393 e. The minimum atomic E-state index is 0.326. The van der Waals surface area contributed by atoms with E-state index in [1.165, 1.54) is 17.5 Å². The molecule has 5 nitrogen and oxygen atoms in total. The fraction of sp³-hybridized carbons (Fsp3) is 0.375. The minimum absolute atomic E-state index is 0.326. The number of nitrogen functional groups attached to an aromatic ring is 1. The molecule has 4 N–H and O–H groups in total. The molecule has 2 rings (SSSR count). The fourth-order valence-corrected chi connectivity index (χ4v) is 1.88. The average molecular weight is 285 g/mol. The van der Waals surface area contributed by atoms with E-state index in [4.69, 9.17) is 5.73 Å². The smallest absolute Gasteiger partial charge is 0.155 e. The van der Waals surface area contributed by atoms with Crippen LogP contribution >= 0.6 is 0 Å². The molecule has 21 heavy (non-hydrogen) atoms. The Morgan fingerprint density at radius 3 is 2.48 bits per heavy atom. The monoisotopic (exact) mass is 285 g/mol. The van der Waals surface area contributed by atoms with Crippen LogP contribution in [0.2, 0.25) is 0 Å². The lowest BCUT2D eigenvalue weighted by atomic mass is 10.1. The molecule has 0 saturated heterocycles. The van der Waals surface area contributed by atoms with Gasteiger partial charge >= 0.3 is 0 Å². The molecular weight excluding hydrogens is 262 g/mol. The van der Waals surface area contributed by atoms with Gasteiger partial charge in [0.15, 0.2) is 11.6 Å². The number of anilines is 3. The van der Waals surface area contributed by atoms with Crippen LogP contribution in [-0.2, 0) is 6.54 Å². The van der Waals surface area contributed by atoms with Crippen LogP contribution in [0.3, 0.4) is 0 Å². The molecule has 5 heteroatoms. The number of nitrogens with one attached hydrogen (secondary N) is 2. The van der Waals surface area contributed by atoms with Gasteiger partial charge in [0.25, 0.3) is 0 Å². The van der Waals surface area contributed by atoms with Crippen LogP contribution in [0.25, 0.3) is 0 Å². The van der Waals surface area contributed by atoms with E-state index in [2.05, 4.69) is 65.6 Å². The molecule has 1 unspecified atom stereocenters. The Kier molecular flexibility index (Phi) is 4.98. The van der Waals surface area contributed by atoms with Crippen LogP contribution in [0.15, 0.2) is 30.6 Å². The Morgan fingerprint density at radius 1 is 1.14 bits per heavy atom. The summed E-state index contributed by atoms with van der Waals surface area (Å²) in [6.45, 7) is 6.98. The summed E-state index contributed by atoms with van der Waals surface area (Å²) >= 11 is 0. The molecule has 1 heterocycles. The second-order valence-electron chi connectivity index (χ2n) is 5.28. The van der Waals surface area contributed by atoms with Crippen molar-refractivity contribution >= 4 is 17.3 Å². The molecule has 0 aliphatic carbocycles. The maximum atomic E-state index is 6.12. The number of nitrogens with zero attached hydrogens (tertiary/aromatic N) is 2. The number of hydrogen-bond donors (Lipinski definition) is 3. The van der Waals surface area contributed by atoms with Crippen molar-refractivity contribution in [2.75, 3.05) is 16.4 Å². The highest BCUT2D eigenvalue weighted by Gasteiger charge is 2.09. The molecule has 0 saturated carbocycles. The SMILES string of the molecule is CCC(C)Nc1ncnc(NCc2ccc(C)cc2)c1N. The van der Waals surface area contributed by atoms with Gasteiger partial charge in [0.2, 0.25) is 0 Å². The summed E-state index contributed by atoms with van der Waals surface area (Å²) in [5, 5.41) is 6.55. The Hall–Kier alpha value is -2.30. The summed E-state index contributed by atoms with van der Waals surface area (Å²) in [5.74, 6) is 1.35. The molecular formula is C16H23N5. The molecule has 0 aliphatic rings. The van der Waals surface area contributed by atoms with Gasteiger partial charge in [0, 0.05) is 12.6 Å². The Morgan fingerprint density at radius 2 is 1.81 bits per heavy atom. The third-order valence-electron chi connectivity index (χ3n) is 3.46. The normalized spacial score (nSPS) is 12.0. The van der Waals surface area contributed by atoms with Crippen molar-refractivity contribution in [3.63, 3.8) is 0 Å². The zero-order valence-electron chi connectivity index (χ0n) is 12.9. The largest absolute Gasteiger partial charge is 0.393 e. The summed E-state index contributed by atoms with van der Waals surface area (Å²) in [6.07, 6.45) is 2.54. The summed E-state index contributed by atoms with van der Waals surface area (Å²) in [4.78, 5) is 8.42. The van der Waals surface area contributed by atoms with E-state index in [0.717, 1.165) is 6.42 Å². The van der Waals surface area contributed by atoms with Gasteiger partial charge < -0.3 is 16.4 Å². The number of nitrogens with two attached hydrogens (primary N) is 1.